The first-order valence-corrected chi connectivity index (χ1v) is 14.5. The summed E-state index contributed by atoms with van der Waals surface area (Å²) in [7, 11) is -1.49. The average Bonchev–Trinajstić information content (AvgIpc) is 3.11. The largest absolute Gasteiger partial charge is 0.493 e. The highest BCUT2D eigenvalue weighted by Gasteiger charge is 2.54. The van der Waals surface area contributed by atoms with Crippen molar-refractivity contribution in [3.05, 3.63) is 58.5 Å². The minimum atomic E-state index is -2.94. The van der Waals surface area contributed by atoms with Crippen molar-refractivity contribution >= 4 is 27.3 Å². The molecule has 1 aromatic carbocycles. The number of methoxy groups -OCH3 is 1. The zero-order valence-corrected chi connectivity index (χ0v) is 21.8. The lowest BCUT2D eigenvalue weighted by Gasteiger charge is -2.59. The van der Waals surface area contributed by atoms with Gasteiger partial charge in [0.25, 0.3) is 0 Å². The summed E-state index contributed by atoms with van der Waals surface area (Å²) in [6.07, 6.45) is 3.20. The molecule has 4 aliphatic rings. The number of hydrogen-bond acceptors (Lipinski definition) is 8. The predicted molar refractivity (Wildman–Crippen MR) is 135 cm³/mol. The second-order valence-corrected chi connectivity index (χ2v) is 13.4. The second-order valence-electron chi connectivity index (χ2n) is 10.9. The molecule has 2 saturated heterocycles. The van der Waals surface area contributed by atoms with Gasteiger partial charge in [-0.1, -0.05) is 11.6 Å². The zero-order valence-electron chi connectivity index (χ0n) is 20.3. The van der Waals surface area contributed by atoms with Crippen LogP contribution in [0.3, 0.4) is 0 Å². The maximum atomic E-state index is 13.8. The first kappa shape index (κ1) is 23.4. The van der Waals surface area contributed by atoms with Crippen LogP contribution in [0, 0.1) is 11.2 Å². The van der Waals surface area contributed by atoms with Crippen LogP contribution in [0.4, 0.5) is 10.2 Å². The van der Waals surface area contributed by atoms with Crippen LogP contribution in [0.1, 0.15) is 36.0 Å². The van der Waals surface area contributed by atoms with E-state index in [1.165, 1.54) is 13.3 Å². The fraction of sp³-hybridized carbons (Fsp3) is 0.480. The molecule has 1 aliphatic carbocycles. The molecule has 0 radical (unpaired) electrons. The van der Waals surface area contributed by atoms with Gasteiger partial charge in [0, 0.05) is 48.1 Å². The van der Waals surface area contributed by atoms with Crippen molar-refractivity contribution in [1.82, 2.24) is 24.6 Å². The highest BCUT2D eigenvalue weighted by Crippen LogP contribution is 2.56. The molecule has 9 nitrogen and oxygen atoms in total. The molecule has 2 aromatic heterocycles. The minimum Gasteiger partial charge on any atom is -0.493 e. The Morgan fingerprint density at radius 3 is 2.65 bits per heavy atom. The van der Waals surface area contributed by atoms with Gasteiger partial charge in [0.15, 0.2) is 27.2 Å². The van der Waals surface area contributed by atoms with Crippen LogP contribution in [0.15, 0.2) is 30.5 Å². The Bertz CT molecular complexity index is 1500. The van der Waals surface area contributed by atoms with Crippen molar-refractivity contribution in [1.29, 1.82) is 0 Å². The van der Waals surface area contributed by atoms with E-state index >= 15 is 0 Å². The Balaban J connectivity index is 1.12. The number of rotatable bonds is 4. The third-order valence-corrected chi connectivity index (χ3v) is 10.3. The van der Waals surface area contributed by atoms with Crippen LogP contribution in [-0.2, 0) is 22.9 Å². The Hall–Kier alpha value is -2.76. The molecule has 12 heteroatoms. The van der Waals surface area contributed by atoms with Gasteiger partial charge in [0.2, 0.25) is 0 Å². The normalized spacial score (nSPS) is 22.4. The maximum absolute atomic E-state index is 13.8. The molecule has 37 heavy (non-hydrogen) atoms. The monoisotopic (exact) mass is 544 g/mol. The molecular weight excluding hydrogens is 519 g/mol. The molecule has 3 aliphatic heterocycles. The zero-order chi connectivity index (χ0) is 25.5. The average molecular weight is 545 g/mol. The third kappa shape index (κ3) is 3.81. The molecule has 5 heterocycles. The Morgan fingerprint density at radius 1 is 1.14 bits per heavy atom. The molecule has 0 atom stereocenters. The lowest BCUT2D eigenvalue weighted by molar-refractivity contribution is 0.0581. The number of ether oxygens (including phenoxy) is 1. The number of benzene rings is 1. The molecule has 7 rings (SSSR count). The number of sulfone groups is 1. The Labute approximate surface area is 219 Å². The van der Waals surface area contributed by atoms with E-state index in [4.69, 9.17) is 16.3 Å². The summed E-state index contributed by atoms with van der Waals surface area (Å²) in [6, 6.07) is 7.50. The second kappa shape index (κ2) is 8.12. The molecular formula is C25H26ClFN6O3S. The topological polar surface area (TPSA) is 93.5 Å². The van der Waals surface area contributed by atoms with Gasteiger partial charge in [-0.3, -0.25) is 9.47 Å². The van der Waals surface area contributed by atoms with Gasteiger partial charge in [0.05, 0.1) is 37.0 Å². The van der Waals surface area contributed by atoms with E-state index in [-0.39, 0.29) is 34.6 Å². The summed E-state index contributed by atoms with van der Waals surface area (Å²) in [5.41, 5.74) is 2.26. The van der Waals surface area contributed by atoms with Gasteiger partial charge in [-0.25, -0.2) is 17.8 Å². The van der Waals surface area contributed by atoms with Gasteiger partial charge in [-0.15, -0.1) is 10.2 Å². The molecule has 0 unspecified atom stereocenters. The quantitative estimate of drug-likeness (QED) is 0.495. The maximum Gasteiger partial charge on any atom is 0.183 e. The molecule has 1 saturated carbocycles. The number of halogens is 2. The van der Waals surface area contributed by atoms with E-state index < -0.39 is 15.7 Å². The summed E-state index contributed by atoms with van der Waals surface area (Å²) in [4.78, 5) is 8.58. The number of aromatic nitrogens is 4. The van der Waals surface area contributed by atoms with E-state index in [2.05, 4.69) is 29.5 Å². The number of fused-ring (bicyclic) bond motifs is 3. The summed E-state index contributed by atoms with van der Waals surface area (Å²) in [5.74, 6) is 2.89. The van der Waals surface area contributed by atoms with Crippen molar-refractivity contribution in [2.45, 2.75) is 37.9 Å². The van der Waals surface area contributed by atoms with Gasteiger partial charge in [-0.2, -0.15) is 0 Å². The van der Waals surface area contributed by atoms with Crippen molar-refractivity contribution in [3.8, 4) is 11.4 Å². The number of pyridine rings is 1. The number of hydrogen-bond donors (Lipinski definition) is 0. The predicted octanol–water partition coefficient (Wildman–Crippen LogP) is 2.96. The fourth-order valence-corrected chi connectivity index (χ4v) is 8.10. The summed E-state index contributed by atoms with van der Waals surface area (Å²) in [6.45, 7) is 2.89. The molecule has 0 amide bonds. The van der Waals surface area contributed by atoms with Crippen molar-refractivity contribution < 1.29 is 17.5 Å². The highest BCUT2D eigenvalue weighted by atomic mass is 35.5. The first-order chi connectivity index (χ1) is 17.7. The molecule has 3 aromatic rings. The smallest absolute Gasteiger partial charge is 0.183 e. The lowest BCUT2D eigenvalue weighted by Crippen LogP contribution is -2.62. The van der Waals surface area contributed by atoms with E-state index in [0.717, 1.165) is 54.6 Å². The standard InChI is InChI=1S/C25H26ClFN6O3S/c1-36-21-5-22(28-8-19(21)27)32-13-25(14-32)6-16(7-25)24-30-29-23-10-31(18-11-37(34,35)12-18)9-15-4-17(26)2-3-20(15)33(23)24/h2-5,8,16,18H,6-7,9-14H2,1H3. The molecule has 1 spiro atoms. The third-order valence-electron chi connectivity index (χ3n) is 8.29. The van der Waals surface area contributed by atoms with Crippen molar-refractivity contribution in [2.75, 3.05) is 36.6 Å². The van der Waals surface area contributed by atoms with Gasteiger partial charge in [-0.05, 0) is 36.6 Å². The van der Waals surface area contributed by atoms with E-state index in [1.54, 1.807) is 6.07 Å². The van der Waals surface area contributed by atoms with Crippen molar-refractivity contribution in [3.63, 3.8) is 0 Å². The molecule has 194 valence electrons. The van der Waals surface area contributed by atoms with Gasteiger partial charge < -0.3 is 9.64 Å². The van der Waals surface area contributed by atoms with Crippen LogP contribution in [0.2, 0.25) is 5.02 Å². The molecule has 0 bridgehead atoms. The van der Waals surface area contributed by atoms with Crippen LogP contribution in [0.25, 0.3) is 5.69 Å². The molecule has 0 N–H and O–H groups in total. The highest BCUT2D eigenvalue weighted by molar-refractivity contribution is 7.92. The van der Waals surface area contributed by atoms with Crippen LogP contribution < -0.4 is 9.64 Å². The summed E-state index contributed by atoms with van der Waals surface area (Å²) >= 11 is 6.35. The summed E-state index contributed by atoms with van der Waals surface area (Å²) in [5, 5.41) is 9.86. The lowest BCUT2D eigenvalue weighted by atomic mass is 9.57. The Kier molecular flexibility index (Phi) is 5.13. The van der Waals surface area contributed by atoms with E-state index in [9.17, 15) is 12.8 Å². The van der Waals surface area contributed by atoms with E-state index in [0.29, 0.717) is 18.1 Å². The molecule has 3 fully saturated rings. The van der Waals surface area contributed by atoms with Gasteiger partial charge >= 0.3 is 0 Å². The van der Waals surface area contributed by atoms with Crippen LogP contribution in [0.5, 0.6) is 5.75 Å². The minimum absolute atomic E-state index is 0.0184. The Morgan fingerprint density at radius 2 is 1.92 bits per heavy atom. The summed E-state index contributed by atoms with van der Waals surface area (Å²) < 4.78 is 44.7. The first-order valence-electron chi connectivity index (χ1n) is 12.3. The van der Waals surface area contributed by atoms with E-state index in [1.807, 2.05) is 18.2 Å². The fourth-order valence-electron chi connectivity index (χ4n) is 6.41. The number of anilines is 1. The van der Waals surface area contributed by atoms with Crippen molar-refractivity contribution in [2.24, 2.45) is 5.41 Å². The van der Waals surface area contributed by atoms with Gasteiger partial charge in [0.1, 0.15) is 11.6 Å². The van der Waals surface area contributed by atoms with Crippen LogP contribution >= 0.6 is 11.6 Å². The number of nitrogens with zero attached hydrogens (tertiary/aromatic N) is 6. The van der Waals surface area contributed by atoms with Crippen LogP contribution in [-0.4, -0.2) is 70.8 Å². The SMILES string of the molecule is COc1cc(N2CC3(CC(c4nnc5n4-c4ccc(Cl)cc4CN(C4CS(=O)(=O)C4)C5)C3)C2)ncc1F.